The molecule has 3 rings (SSSR count). The van der Waals surface area contributed by atoms with Crippen LogP contribution in [0, 0.1) is 13.8 Å². The molecule has 6 nitrogen and oxygen atoms in total. The van der Waals surface area contributed by atoms with Gasteiger partial charge in [-0.1, -0.05) is 24.3 Å². The van der Waals surface area contributed by atoms with Gasteiger partial charge < -0.3 is 19.5 Å². The predicted molar refractivity (Wildman–Crippen MR) is 105 cm³/mol. The Morgan fingerprint density at radius 1 is 1.11 bits per heavy atom. The maximum Gasteiger partial charge on any atom is 0.331 e. The van der Waals surface area contributed by atoms with E-state index in [1.807, 2.05) is 39.0 Å². The molecule has 146 valence electrons. The molecule has 2 aromatic rings. The van der Waals surface area contributed by atoms with E-state index in [1.165, 1.54) is 17.2 Å². The largest absolute Gasteiger partial charge is 0.454 e. The average molecular weight is 381 g/mol. The first-order valence-electron chi connectivity index (χ1n) is 9.03. The zero-order chi connectivity index (χ0) is 20.1. The minimum atomic E-state index is -0.591. The molecule has 0 spiro atoms. The van der Waals surface area contributed by atoms with Crippen molar-refractivity contribution in [1.82, 2.24) is 5.32 Å². The van der Waals surface area contributed by atoms with Crippen LogP contribution in [0.25, 0.3) is 6.08 Å². The lowest BCUT2D eigenvalue weighted by Gasteiger charge is -2.15. The van der Waals surface area contributed by atoms with Gasteiger partial charge in [0.15, 0.2) is 18.1 Å². The topological polar surface area (TPSA) is 73.9 Å². The molecule has 2 aromatic carbocycles. The fourth-order valence-electron chi connectivity index (χ4n) is 2.77. The van der Waals surface area contributed by atoms with Crippen molar-refractivity contribution in [2.75, 3.05) is 13.4 Å². The summed E-state index contributed by atoms with van der Waals surface area (Å²) in [6.45, 7) is 5.82. The molecule has 1 aliphatic heterocycles. The van der Waals surface area contributed by atoms with Crippen molar-refractivity contribution >= 4 is 18.0 Å². The van der Waals surface area contributed by atoms with E-state index >= 15 is 0 Å². The van der Waals surface area contributed by atoms with Crippen LogP contribution >= 0.6 is 0 Å². The Labute approximate surface area is 164 Å². The molecular weight excluding hydrogens is 358 g/mol. The molecule has 1 N–H and O–H groups in total. The van der Waals surface area contributed by atoms with E-state index in [9.17, 15) is 9.59 Å². The minimum absolute atomic E-state index is 0.172. The van der Waals surface area contributed by atoms with E-state index in [0.717, 1.165) is 11.1 Å². The van der Waals surface area contributed by atoms with Crippen molar-refractivity contribution in [3.8, 4) is 11.5 Å². The second kappa shape index (κ2) is 8.61. The van der Waals surface area contributed by atoms with Crippen molar-refractivity contribution in [3.63, 3.8) is 0 Å². The van der Waals surface area contributed by atoms with Crippen LogP contribution in [0.4, 0.5) is 0 Å². The van der Waals surface area contributed by atoms with Gasteiger partial charge in [-0.05, 0) is 61.2 Å². The molecule has 1 aliphatic rings. The number of hydrogen-bond acceptors (Lipinski definition) is 5. The molecule has 0 radical (unpaired) electrons. The van der Waals surface area contributed by atoms with Crippen molar-refractivity contribution in [3.05, 3.63) is 64.7 Å². The van der Waals surface area contributed by atoms with E-state index in [1.54, 1.807) is 24.3 Å². The Balaban J connectivity index is 1.47. The Hall–Kier alpha value is -3.28. The molecule has 0 aromatic heterocycles. The second-order valence-electron chi connectivity index (χ2n) is 6.69. The smallest absolute Gasteiger partial charge is 0.331 e. The molecule has 0 bridgehead atoms. The summed E-state index contributed by atoms with van der Waals surface area (Å²) >= 11 is 0. The summed E-state index contributed by atoms with van der Waals surface area (Å²) in [6, 6.07) is 11.2. The highest BCUT2D eigenvalue weighted by Gasteiger charge is 2.13. The van der Waals surface area contributed by atoms with Gasteiger partial charge >= 0.3 is 5.97 Å². The van der Waals surface area contributed by atoms with Crippen LogP contribution in [0.5, 0.6) is 11.5 Å². The molecule has 1 atom stereocenters. The number of rotatable bonds is 6. The second-order valence-corrected chi connectivity index (χ2v) is 6.69. The standard InChI is InChI=1S/C22H23NO5/c1-14-4-7-18(10-15(14)2)16(3)23-21(24)12-26-22(25)9-6-17-5-8-19-20(11-17)28-13-27-19/h4-11,16H,12-13H2,1-3H3,(H,23,24)/b9-6+/t16-/m1/s1. The van der Waals surface area contributed by atoms with Crippen LogP contribution in [-0.2, 0) is 14.3 Å². The third-order valence-electron chi connectivity index (χ3n) is 4.56. The van der Waals surface area contributed by atoms with Gasteiger partial charge in [-0.3, -0.25) is 4.79 Å². The summed E-state index contributed by atoms with van der Waals surface area (Å²) in [7, 11) is 0. The van der Waals surface area contributed by atoms with Crippen molar-refractivity contribution in [2.24, 2.45) is 0 Å². The summed E-state index contributed by atoms with van der Waals surface area (Å²) in [6.07, 6.45) is 2.87. The highest BCUT2D eigenvalue weighted by molar-refractivity contribution is 5.89. The first-order chi connectivity index (χ1) is 13.4. The summed E-state index contributed by atoms with van der Waals surface area (Å²) in [5.74, 6) is 0.367. The third-order valence-corrected chi connectivity index (χ3v) is 4.56. The first-order valence-corrected chi connectivity index (χ1v) is 9.03. The monoisotopic (exact) mass is 381 g/mol. The Kier molecular flexibility index (Phi) is 5.99. The van der Waals surface area contributed by atoms with Crippen molar-refractivity contribution in [1.29, 1.82) is 0 Å². The summed E-state index contributed by atoms with van der Waals surface area (Å²) < 4.78 is 15.5. The molecule has 0 saturated heterocycles. The number of aryl methyl sites for hydroxylation is 2. The lowest BCUT2D eigenvalue weighted by Crippen LogP contribution is -2.31. The van der Waals surface area contributed by atoms with Gasteiger partial charge in [-0.2, -0.15) is 0 Å². The van der Waals surface area contributed by atoms with Crippen molar-refractivity contribution < 1.29 is 23.8 Å². The summed E-state index contributed by atoms with van der Waals surface area (Å²) in [5, 5.41) is 2.83. The molecule has 6 heteroatoms. The van der Waals surface area contributed by atoms with E-state index in [4.69, 9.17) is 14.2 Å². The van der Waals surface area contributed by atoms with Gasteiger partial charge in [-0.25, -0.2) is 4.79 Å². The molecule has 1 amide bonds. The number of hydrogen-bond donors (Lipinski definition) is 1. The quantitative estimate of drug-likeness (QED) is 0.613. The maximum absolute atomic E-state index is 12.0. The highest BCUT2D eigenvalue weighted by atomic mass is 16.7. The number of ether oxygens (including phenoxy) is 3. The molecule has 0 unspecified atom stereocenters. The molecule has 0 saturated carbocycles. The van der Waals surface area contributed by atoms with Crippen LogP contribution < -0.4 is 14.8 Å². The molecule has 1 heterocycles. The Morgan fingerprint density at radius 3 is 2.68 bits per heavy atom. The molecule has 0 aliphatic carbocycles. The van der Waals surface area contributed by atoms with Crippen LogP contribution in [0.2, 0.25) is 0 Å². The molecule has 28 heavy (non-hydrogen) atoms. The molecular formula is C22H23NO5. The SMILES string of the molecule is Cc1ccc([C@@H](C)NC(=O)COC(=O)/C=C/c2ccc3c(c2)OCO3)cc1C. The van der Waals surface area contributed by atoms with Crippen molar-refractivity contribution in [2.45, 2.75) is 26.8 Å². The fraction of sp³-hybridized carbons (Fsp3) is 0.273. The predicted octanol–water partition coefficient (Wildman–Crippen LogP) is 3.47. The van der Waals surface area contributed by atoms with E-state index < -0.39 is 5.97 Å². The van der Waals surface area contributed by atoms with Gasteiger partial charge in [0.2, 0.25) is 6.79 Å². The van der Waals surface area contributed by atoms with E-state index in [0.29, 0.717) is 11.5 Å². The number of carbonyl (C=O) groups excluding carboxylic acids is 2. The lowest BCUT2D eigenvalue weighted by molar-refractivity contribution is -0.144. The number of carbonyl (C=O) groups is 2. The number of amides is 1. The van der Waals surface area contributed by atoms with Gasteiger partial charge in [-0.15, -0.1) is 0 Å². The lowest BCUT2D eigenvalue weighted by atomic mass is 10.0. The summed E-state index contributed by atoms with van der Waals surface area (Å²) in [4.78, 5) is 23.9. The first kappa shape index (κ1) is 19.5. The van der Waals surface area contributed by atoms with Gasteiger partial charge in [0.05, 0.1) is 6.04 Å². The van der Waals surface area contributed by atoms with Crippen LogP contribution in [0.15, 0.2) is 42.5 Å². The van der Waals surface area contributed by atoms with Gasteiger partial charge in [0, 0.05) is 6.08 Å². The highest BCUT2D eigenvalue weighted by Crippen LogP contribution is 2.32. The van der Waals surface area contributed by atoms with E-state index in [2.05, 4.69) is 5.32 Å². The normalized spacial score (nSPS) is 13.4. The van der Waals surface area contributed by atoms with Gasteiger partial charge in [0.1, 0.15) is 0 Å². The zero-order valence-corrected chi connectivity index (χ0v) is 16.2. The summed E-state index contributed by atoms with van der Waals surface area (Å²) in [5.41, 5.74) is 4.14. The van der Waals surface area contributed by atoms with Gasteiger partial charge in [0.25, 0.3) is 5.91 Å². The van der Waals surface area contributed by atoms with E-state index in [-0.39, 0.29) is 25.3 Å². The van der Waals surface area contributed by atoms with Crippen LogP contribution in [-0.4, -0.2) is 25.3 Å². The Morgan fingerprint density at radius 2 is 1.89 bits per heavy atom. The zero-order valence-electron chi connectivity index (χ0n) is 16.2. The number of esters is 1. The Bertz CT molecular complexity index is 919. The average Bonchev–Trinajstić information content (AvgIpc) is 3.14. The number of nitrogens with one attached hydrogen (secondary N) is 1. The minimum Gasteiger partial charge on any atom is -0.454 e. The van der Waals surface area contributed by atoms with Crippen LogP contribution in [0.3, 0.4) is 0 Å². The fourth-order valence-corrected chi connectivity index (χ4v) is 2.77. The maximum atomic E-state index is 12.0. The number of benzene rings is 2. The van der Waals surface area contributed by atoms with Crippen LogP contribution in [0.1, 0.15) is 35.2 Å². The number of fused-ring (bicyclic) bond motifs is 1. The molecule has 0 fully saturated rings. The third kappa shape index (κ3) is 4.91.